The third-order valence-corrected chi connectivity index (χ3v) is 6.05. The smallest absolute Gasteiger partial charge is 0.328 e. The van der Waals surface area contributed by atoms with Gasteiger partial charge in [0.05, 0.1) is 11.9 Å². The summed E-state index contributed by atoms with van der Waals surface area (Å²) in [4.78, 5) is 39.0. The van der Waals surface area contributed by atoms with Crippen LogP contribution in [0.3, 0.4) is 0 Å². The number of carboxylic acid groups (broad SMARTS) is 1. The molecule has 0 saturated heterocycles. The van der Waals surface area contributed by atoms with Crippen LogP contribution in [-0.4, -0.2) is 45.6 Å². The minimum atomic E-state index is -0.973. The number of nitrogens with zero attached hydrogens (tertiary/aromatic N) is 2. The van der Waals surface area contributed by atoms with E-state index in [9.17, 15) is 19.5 Å². The Balaban J connectivity index is 1.76. The maximum Gasteiger partial charge on any atom is 0.328 e. The number of fused-ring (bicyclic) bond motifs is 1. The van der Waals surface area contributed by atoms with Crippen LogP contribution < -0.4 is 5.32 Å². The Labute approximate surface area is 206 Å². The Kier molecular flexibility index (Phi) is 8.68. The predicted molar refractivity (Wildman–Crippen MR) is 137 cm³/mol. The zero-order valence-electron chi connectivity index (χ0n) is 20.9. The molecule has 3 aromatic rings. The van der Waals surface area contributed by atoms with Crippen LogP contribution in [0.5, 0.6) is 0 Å². The van der Waals surface area contributed by atoms with Crippen LogP contribution in [0.1, 0.15) is 44.7 Å². The van der Waals surface area contributed by atoms with E-state index in [0.29, 0.717) is 19.4 Å². The lowest BCUT2D eigenvalue weighted by atomic mass is 9.93. The van der Waals surface area contributed by atoms with Crippen LogP contribution in [0, 0.1) is 11.8 Å². The normalized spacial score (nSPS) is 12.9. The molecule has 1 heterocycles. The molecule has 0 fully saturated rings. The van der Waals surface area contributed by atoms with E-state index < -0.39 is 11.9 Å². The Morgan fingerprint density at radius 2 is 1.66 bits per heavy atom. The number of hydrogen-bond donors (Lipinski definition) is 2. The van der Waals surface area contributed by atoms with Gasteiger partial charge in [-0.25, -0.2) is 4.79 Å². The molecule has 2 aromatic carbocycles. The fourth-order valence-corrected chi connectivity index (χ4v) is 4.48. The molecule has 35 heavy (non-hydrogen) atoms. The molecule has 3 rings (SSSR count). The van der Waals surface area contributed by atoms with E-state index in [1.165, 1.54) is 0 Å². The third kappa shape index (κ3) is 6.94. The van der Waals surface area contributed by atoms with Crippen LogP contribution in [0.2, 0.25) is 0 Å². The Morgan fingerprint density at radius 3 is 2.31 bits per heavy atom. The van der Waals surface area contributed by atoms with Gasteiger partial charge in [-0.05, 0) is 42.9 Å². The quantitative estimate of drug-likeness (QED) is 0.433. The second-order valence-corrected chi connectivity index (χ2v) is 9.70. The van der Waals surface area contributed by atoms with Gasteiger partial charge in [0, 0.05) is 37.1 Å². The lowest BCUT2D eigenvalue weighted by Crippen LogP contribution is -2.39. The van der Waals surface area contributed by atoms with E-state index in [0.717, 1.165) is 22.0 Å². The van der Waals surface area contributed by atoms with E-state index in [1.54, 1.807) is 16.5 Å². The van der Waals surface area contributed by atoms with Crippen LogP contribution in [0.25, 0.3) is 10.9 Å². The van der Waals surface area contributed by atoms with Crippen molar-refractivity contribution in [2.75, 3.05) is 7.05 Å². The molecule has 7 heteroatoms. The summed E-state index contributed by atoms with van der Waals surface area (Å²) in [6, 6.07) is 17.2. The predicted octanol–water partition coefficient (Wildman–Crippen LogP) is 4.93. The summed E-state index contributed by atoms with van der Waals surface area (Å²) >= 11 is 0. The second-order valence-electron chi connectivity index (χ2n) is 9.70. The maximum absolute atomic E-state index is 13.3. The molecule has 186 valence electrons. The first-order chi connectivity index (χ1) is 16.7. The number of aromatic nitrogens is 1. The lowest BCUT2D eigenvalue weighted by Gasteiger charge is -2.20. The monoisotopic (exact) mass is 477 g/mol. The van der Waals surface area contributed by atoms with E-state index >= 15 is 0 Å². The van der Waals surface area contributed by atoms with Crippen molar-refractivity contribution < 1.29 is 19.5 Å². The average Bonchev–Trinajstić information content (AvgIpc) is 3.16. The van der Waals surface area contributed by atoms with Crippen LogP contribution in [0.15, 0.2) is 60.8 Å². The number of hydrogen-bond acceptors (Lipinski definition) is 3. The van der Waals surface area contributed by atoms with Gasteiger partial charge in [0.25, 0.3) is 0 Å². The van der Waals surface area contributed by atoms with Gasteiger partial charge in [-0.3, -0.25) is 14.2 Å². The SMILES string of the molecule is CC(C)C[C@H](CC(=O)O)C(=O)N[C@@H](C)Cc1cn(C(=O)N(C)Cc2ccccc2)c2ccccc12. The average molecular weight is 478 g/mol. The summed E-state index contributed by atoms with van der Waals surface area (Å²) < 4.78 is 1.66. The number of rotatable bonds is 10. The Bertz CT molecular complexity index is 1170. The highest BCUT2D eigenvalue weighted by Gasteiger charge is 2.25. The van der Waals surface area contributed by atoms with Gasteiger partial charge < -0.3 is 15.3 Å². The summed E-state index contributed by atoms with van der Waals surface area (Å²) in [5.41, 5.74) is 2.82. The van der Waals surface area contributed by atoms with Crippen LogP contribution in [-0.2, 0) is 22.6 Å². The highest BCUT2D eigenvalue weighted by Crippen LogP contribution is 2.24. The number of aliphatic carboxylic acids is 1. The van der Waals surface area contributed by atoms with Gasteiger partial charge in [0.2, 0.25) is 5.91 Å². The number of para-hydroxylation sites is 1. The lowest BCUT2D eigenvalue weighted by molar-refractivity contribution is -0.141. The van der Waals surface area contributed by atoms with Gasteiger partial charge >= 0.3 is 12.0 Å². The fraction of sp³-hybridized carbons (Fsp3) is 0.393. The van der Waals surface area contributed by atoms with Crippen molar-refractivity contribution in [3.05, 3.63) is 71.9 Å². The van der Waals surface area contributed by atoms with E-state index in [4.69, 9.17) is 0 Å². The maximum atomic E-state index is 13.3. The standard InChI is InChI=1S/C28H35N3O4/c1-19(2)14-22(16-26(32)33)27(34)29-20(3)15-23-18-31(25-13-9-8-12-24(23)25)28(35)30(4)17-21-10-6-5-7-11-21/h5-13,18-20,22H,14-17H2,1-4H3,(H,29,34)(H,32,33)/t20-,22+/m0/s1. The topological polar surface area (TPSA) is 91.6 Å². The van der Waals surface area contributed by atoms with Crippen LogP contribution >= 0.6 is 0 Å². The highest BCUT2D eigenvalue weighted by molar-refractivity contribution is 5.93. The van der Waals surface area contributed by atoms with Crippen molar-refractivity contribution in [3.63, 3.8) is 0 Å². The third-order valence-electron chi connectivity index (χ3n) is 6.05. The Morgan fingerprint density at radius 1 is 1.00 bits per heavy atom. The minimum Gasteiger partial charge on any atom is -0.481 e. The minimum absolute atomic E-state index is 0.133. The number of amides is 2. The molecule has 2 N–H and O–H groups in total. The molecule has 1 aromatic heterocycles. The highest BCUT2D eigenvalue weighted by atomic mass is 16.4. The first-order valence-electron chi connectivity index (χ1n) is 12.1. The zero-order chi connectivity index (χ0) is 25.5. The van der Waals surface area contributed by atoms with Crippen molar-refractivity contribution in [1.29, 1.82) is 0 Å². The number of carbonyl (C=O) groups is 3. The molecule has 0 spiro atoms. The molecule has 0 radical (unpaired) electrons. The molecule has 2 amide bonds. The summed E-state index contributed by atoms with van der Waals surface area (Å²) in [7, 11) is 1.78. The van der Waals surface area contributed by atoms with Gasteiger partial charge in [-0.2, -0.15) is 0 Å². The first-order valence-corrected chi connectivity index (χ1v) is 12.1. The van der Waals surface area contributed by atoms with Crippen molar-refractivity contribution in [3.8, 4) is 0 Å². The van der Waals surface area contributed by atoms with E-state index in [2.05, 4.69) is 5.32 Å². The molecule has 0 saturated carbocycles. The van der Waals surface area contributed by atoms with Gasteiger partial charge in [-0.15, -0.1) is 0 Å². The number of nitrogens with one attached hydrogen (secondary N) is 1. The largest absolute Gasteiger partial charge is 0.481 e. The van der Waals surface area contributed by atoms with Crippen molar-refractivity contribution in [2.45, 2.75) is 52.6 Å². The Hall–Kier alpha value is -3.61. The van der Waals surface area contributed by atoms with Crippen molar-refractivity contribution >= 4 is 28.8 Å². The number of benzene rings is 2. The second kappa shape index (κ2) is 11.7. The molecule has 2 atom stereocenters. The number of carboxylic acids is 1. The summed E-state index contributed by atoms with van der Waals surface area (Å²) in [5, 5.41) is 13.2. The fourth-order valence-electron chi connectivity index (χ4n) is 4.48. The van der Waals surface area contributed by atoms with Crippen molar-refractivity contribution in [2.24, 2.45) is 11.8 Å². The molecular formula is C28H35N3O4. The van der Waals surface area contributed by atoms with Gasteiger partial charge in [0.1, 0.15) is 0 Å². The van der Waals surface area contributed by atoms with Crippen LogP contribution in [0.4, 0.5) is 4.79 Å². The molecule has 0 aliphatic carbocycles. The summed E-state index contributed by atoms with van der Waals surface area (Å²) in [5.74, 6) is -1.56. The zero-order valence-corrected chi connectivity index (χ0v) is 20.9. The van der Waals surface area contributed by atoms with E-state index in [-0.39, 0.29) is 30.3 Å². The molecular weight excluding hydrogens is 442 g/mol. The molecule has 0 aliphatic rings. The molecule has 7 nitrogen and oxygen atoms in total. The molecule has 0 aliphatic heterocycles. The molecule has 0 unspecified atom stereocenters. The van der Waals surface area contributed by atoms with Gasteiger partial charge in [-0.1, -0.05) is 62.4 Å². The van der Waals surface area contributed by atoms with E-state index in [1.807, 2.05) is 81.6 Å². The first kappa shape index (κ1) is 26.0. The summed E-state index contributed by atoms with van der Waals surface area (Å²) in [6.45, 7) is 6.35. The van der Waals surface area contributed by atoms with Gasteiger partial charge in [0.15, 0.2) is 0 Å². The van der Waals surface area contributed by atoms with Crippen molar-refractivity contribution in [1.82, 2.24) is 14.8 Å². The summed E-state index contributed by atoms with van der Waals surface area (Å²) in [6.07, 6.45) is 2.71. The molecule has 0 bridgehead atoms. The number of carbonyl (C=O) groups excluding carboxylic acids is 2.